The predicted molar refractivity (Wildman–Crippen MR) is 116 cm³/mol. The number of aromatic nitrogens is 1. The van der Waals surface area contributed by atoms with Gasteiger partial charge in [0.1, 0.15) is 12.3 Å². The van der Waals surface area contributed by atoms with Crippen molar-refractivity contribution in [2.24, 2.45) is 0 Å². The number of rotatable bonds is 8. The summed E-state index contributed by atoms with van der Waals surface area (Å²) in [5, 5.41) is 3.23. The van der Waals surface area contributed by atoms with Crippen molar-refractivity contribution in [3.63, 3.8) is 0 Å². The number of carbonyl (C=O) groups is 4. The van der Waals surface area contributed by atoms with Crippen molar-refractivity contribution in [3.8, 4) is 0 Å². The van der Waals surface area contributed by atoms with Gasteiger partial charge in [0, 0.05) is 29.3 Å². The van der Waals surface area contributed by atoms with Crippen LogP contribution in [0.2, 0.25) is 5.02 Å². The Hall–Kier alpha value is -3.59. The van der Waals surface area contributed by atoms with E-state index in [1.807, 2.05) is 0 Å². The van der Waals surface area contributed by atoms with Crippen LogP contribution in [0.4, 0.5) is 5.69 Å². The number of esters is 2. The Kier molecular flexibility index (Phi) is 6.99. The summed E-state index contributed by atoms with van der Waals surface area (Å²) in [4.78, 5) is 51.9. The van der Waals surface area contributed by atoms with Crippen LogP contribution >= 0.6 is 11.6 Å². The van der Waals surface area contributed by atoms with E-state index < -0.39 is 17.7 Å². The normalized spacial score (nSPS) is 10.8. The van der Waals surface area contributed by atoms with Crippen LogP contribution in [0.3, 0.4) is 0 Å². The Morgan fingerprint density at radius 2 is 1.88 bits per heavy atom. The van der Waals surface area contributed by atoms with Crippen LogP contribution in [0.1, 0.15) is 59.4 Å². The standard InChI is InChI=1S/C22H21ClN2O7/c1-4-17(27)25-19-18-14(22(29)30-5-2)7-13(23)8-15(18)24-20(19)21(28)16-6-12(10-32-16)9-31-11(3)26/h6-8,10,24H,4-5,9H2,1-3H3,(H,25,27). The van der Waals surface area contributed by atoms with Crippen LogP contribution in [0.5, 0.6) is 0 Å². The zero-order chi connectivity index (χ0) is 23.4. The summed E-state index contributed by atoms with van der Waals surface area (Å²) < 4.78 is 15.4. The number of nitrogens with one attached hydrogen (secondary N) is 2. The van der Waals surface area contributed by atoms with Gasteiger partial charge in [-0.1, -0.05) is 18.5 Å². The third-order valence-corrected chi connectivity index (χ3v) is 4.71. The number of furan rings is 1. The summed E-state index contributed by atoms with van der Waals surface area (Å²) in [5.74, 6) is -2.10. The van der Waals surface area contributed by atoms with E-state index in [4.69, 9.17) is 25.5 Å². The molecular formula is C22H21ClN2O7. The van der Waals surface area contributed by atoms with Crippen LogP contribution in [0.15, 0.2) is 28.9 Å². The number of ketones is 1. The molecular weight excluding hydrogens is 440 g/mol. The van der Waals surface area contributed by atoms with Crippen molar-refractivity contribution < 1.29 is 33.1 Å². The number of benzene rings is 1. The van der Waals surface area contributed by atoms with E-state index in [-0.39, 0.29) is 53.3 Å². The number of aromatic amines is 1. The van der Waals surface area contributed by atoms with Gasteiger partial charge < -0.3 is 24.2 Å². The van der Waals surface area contributed by atoms with E-state index in [1.54, 1.807) is 13.8 Å². The van der Waals surface area contributed by atoms with E-state index in [0.717, 1.165) is 0 Å². The zero-order valence-corrected chi connectivity index (χ0v) is 18.4. The maximum absolute atomic E-state index is 13.2. The first kappa shape index (κ1) is 23.1. The molecule has 0 spiro atoms. The number of amides is 1. The Bertz CT molecular complexity index is 1210. The molecule has 0 bridgehead atoms. The summed E-state index contributed by atoms with van der Waals surface area (Å²) in [6.07, 6.45) is 1.44. The number of H-pyrrole nitrogens is 1. The summed E-state index contributed by atoms with van der Waals surface area (Å²) >= 11 is 6.16. The number of carbonyl (C=O) groups excluding carboxylic acids is 4. The maximum atomic E-state index is 13.2. The van der Waals surface area contributed by atoms with E-state index in [0.29, 0.717) is 16.5 Å². The number of halogens is 1. The van der Waals surface area contributed by atoms with Gasteiger partial charge in [-0.05, 0) is 25.1 Å². The van der Waals surface area contributed by atoms with Gasteiger partial charge in [0.05, 0.1) is 29.6 Å². The van der Waals surface area contributed by atoms with Crippen molar-refractivity contribution in [2.45, 2.75) is 33.8 Å². The quantitative estimate of drug-likeness (QED) is 0.380. The Balaban J connectivity index is 2.13. The van der Waals surface area contributed by atoms with E-state index in [2.05, 4.69) is 10.3 Å². The highest BCUT2D eigenvalue weighted by molar-refractivity contribution is 6.32. The second kappa shape index (κ2) is 9.69. The topological polar surface area (TPSA) is 128 Å². The zero-order valence-electron chi connectivity index (χ0n) is 17.7. The molecule has 0 atom stereocenters. The van der Waals surface area contributed by atoms with Crippen molar-refractivity contribution in [2.75, 3.05) is 11.9 Å². The molecule has 1 amide bonds. The first-order valence-corrected chi connectivity index (χ1v) is 10.2. The van der Waals surface area contributed by atoms with Gasteiger partial charge in [-0.25, -0.2) is 4.79 Å². The average Bonchev–Trinajstić information content (AvgIpc) is 3.36. The van der Waals surface area contributed by atoms with Gasteiger partial charge >= 0.3 is 11.9 Å². The first-order valence-electron chi connectivity index (χ1n) is 9.82. The van der Waals surface area contributed by atoms with Crippen LogP contribution < -0.4 is 5.32 Å². The molecule has 2 aromatic heterocycles. The number of ether oxygens (including phenoxy) is 2. The molecule has 0 radical (unpaired) electrons. The van der Waals surface area contributed by atoms with Gasteiger partial charge in [0.15, 0.2) is 5.76 Å². The second-order valence-electron chi connectivity index (χ2n) is 6.80. The molecule has 0 fully saturated rings. The fraction of sp³-hybridized carbons (Fsp3) is 0.273. The molecule has 0 saturated heterocycles. The van der Waals surface area contributed by atoms with Gasteiger partial charge in [-0.3, -0.25) is 14.4 Å². The molecule has 0 saturated carbocycles. The molecule has 10 heteroatoms. The minimum Gasteiger partial charge on any atom is -0.462 e. The molecule has 2 heterocycles. The van der Waals surface area contributed by atoms with Crippen LogP contribution in [-0.2, 0) is 25.7 Å². The van der Waals surface area contributed by atoms with Crippen molar-refractivity contribution in [3.05, 3.63) is 52.1 Å². The lowest BCUT2D eigenvalue weighted by atomic mass is 10.1. The molecule has 2 N–H and O–H groups in total. The molecule has 0 aliphatic rings. The number of hydrogen-bond acceptors (Lipinski definition) is 7. The summed E-state index contributed by atoms with van der Waals surface area (Å²) in [5.41, 5.74) is 1.07. The van der Waals surface area contributed by atoms with Crippen molar-refractivity contribution in [1.29, 1.82) is 0 Å². The highest BCUT2D eigenvalue weighted by atomic mass is 35.5. The maximum Gasteiger partial charge on any atom is 0.338 e. The van der Waals surface area contributed by atoms with Gasteiger partial charge in [0.2, 0.25) is 11.7 Å². The molecule has 1 aromatic carbocycles. The van der Waals surface area contributed by atoms with Crippen molar-refractivity contribution in [1.82, 2.24) is 4.98 Å². The predicted octanol–water partition coefficient (Wildman–Crippen LogP) is 4.23. The third-order valence-electron chi connectivity index (χ3n) is 4.49. The fourth-order valence-electron chi connectivity index (χ4n) is 3.07. The fourth-order valence-corrected chi connectivity index (χ4v) is 3.29. The van der Waals surface area contributed by atoms with Crippen LogP contribution in [0, 0.1) is 0 Å². The molecule has 0 aliphatic carbocycles. The van der Waals surface area contributed by atoms with Crippen LogP contribution in [0.25, 0.3) is 10.9 Å². The highest BCUT2D eigenvalue weighted by Crippen LogP contribution is 2.35. The monoisotopic (exact) mass is 460 g/mol. The summed E-state index contributed by atoms with van der Waals surface area (Å²) in [6, 6.07) is 4.38. The lowest BCUT2D eigenvalue weighted by Crippen LogP contribution is -2.14. The van der Waals surface area contributed by atoms with E-state index in [1.165, 1.54) is 31.4 Å². The second-order valence-corrected chi connectivity index (χ2v) is 7.24. The summed E-state index contributed by atoms with van der Waals surface area (Å²) in [6.45, 7) is 4.67. The summed E-state index contributed by atoms with van der Waals surface area (Å²) in [7, 11) is 0. The molecule has 168 valence electrons. The average molecular weight is 461 g/mol. The molecule has 9 nitrogen and oxygen atoms in total. The first-order chi connectivity index (χ1) is 15.2. The number of fused-ring (bicyclic) bond motifs is 1. The lowest BCUT2D eigenvalue weighted by Gasteiger charge is -2.09. The number of hydrogen-bond donors (Lipinski definition) is 2. The van der Waals surface area contributed by atoms with Gasteiger partial charge in [0.25, 0.3) is 0 Å². The molecule has 0 aliphatic heterocycles. The Morgan fingerprint density at radius 3 is 2.53 bits per heavy atom. The smallest absolute Gasteiger partial charge is 0.338 e. The number of anilines is 1. The largest absolute Gasteiger partial charge is 0.462 e. The SMILES string of the molecule is CCOC(=O)c1cc(Cl)cc2[nH]c(C(=O)c3cc(COC(C)=O)co3)c(NC(=O)CC)c12. The molecule has 3 rings (SSSR count). The van der Waals surface area contributed by atoms with Crippen molar-refractivity contribution >= 4 is 51.8 Å². The third kappa shape index (κ3) is 4.83. The molecule has 32 heavy (non-hydrogen) atoms. The van der Waals surface area contributed by atoms with E-state index in [9.17, 15) is 19.2 Å². The minimum absolute atomic E-state index is 0.00278. The molecule has 3 aromatic rings. The van der Waals surface area contributed by atoms with Crippen LogP contribution in [-0.4, -0.2) is 35.2 Å². The lowest BCUT2D eigenvalue weighted by molar-refractivity contribution is -0.142. The Labute approximate surface area is 188 Å². The Morgan fingerprint density at radius 1 is 1.12 bits per heavy atom. The highest BCUT2D eigenvalue weighted by Gasteiger charge is 2.27. The van der Waals surface area contributed by atoms with E-state index >= 15 is 0 Å². The van der Waals surface area contributed by atoms with Gasteiger partial charge in [-0.2, -0.15) is 0 Å². The van der Waals surface area contributed by atoms with Gasteiger partial charge in [-0.15, -0.1) is 0 Å². The minimum atomic E-state index is -0.647. The molecule has 0 unspecified atom stereocenters.